The zero-order chi connectivity index (χ0) is 19.5. The number of aliphatic carboxylic acids is 1. The molecule has 6 nitrogen and oxygen atoms in total. The second-order valence-electron chi connectivity index (χ2n) is 7.98. The van der Waals surface area contributed by atoms with Gasteiger partial charge in [-0.2, -0.15) is 0 Å². The van der Waals surface area contributed by atoms with Gasteiger partial charge in [0.25, 0.3) is 0 Å². The first-order valence-corrected chi connectivity index (χ1v) is 9.05. The van der Waals surface area contributed by atoms with Gasteiger partial charge in [-0.25, -0.2) is 4.79 Å². The smallest absolute Gasteiger partial charge is 0.335 e. The van der Waals surface area contributed by atoms with Gasteiger partial charge in [-0.05, 0) is 37.5 Å². The maximum atomic E-state index is 13.0. The van der Waals surface area contributed by atoms with Crippen molar-refractivity contribution in [2.45, 2.75) is 51.6 Å². The van der Waals surface area contributed by atoms with Crippen molar-refractivity contribution in [3.63, 3.8) is 0 Å². The van der Waals surface area contributed by atoms with Crippen LogP contribution in [0.25, 0.3) is 0 Å². The zero-order valence-corrected chi connectivity index (χ0v) is 16.0. The largest absolute Gasteiger partial charge is 0.493 e. The molecule has 0 unspecified atom stereocenters. The highest BCUT2D eigenvalue weighted by atomic mass is 16.5. The monoisotopic (exact) mass is 363 g/mol. The molecule has 1 aromatic carbocycles. The Hall–Kier alpha value is -2.08. The molecule has 0 aromatic heterocycles. The molecule has 0 radical (unpaired) electrons. The lowest BCUT2D eigenvalue weighted by molar-refractivity contribution is -0.166. The van der Waals surface area contributed by atoms with Crippen molar-refractivity contribution < 1.29 is 24.5 Å². The zero-order valence-electron chi connectivity index (χ0n) is 16.0. The van der Waals surface area contributed by atoms with E-state index in [9.17, 15) is 14.7 Å². The molecule has 2 N–H and O–H groups in total. The summed E-state index contributed by atoms with van der Waals surface area (Å²) in [5, 5.41) is 19.1. The van der Waals surface area contributed by atoms with Crippen LogP contribution in [-0.2, 0) is 15.0 Å². The number of amides is 1. The minimum atomic E-state index is -1.73. The second kappa shape index (κ2) is 7.66. The summed E-state index contributed by atoms with van der Waals surface area (Å²) in [4.78, 5) is 25.7. The molecule has 0 bridgehead atoms. The predicted molar refractivity (Wildman–Crippen MR) is 98.2 cm³/mol. The van der Waals surface area contributed by atoms with Crippen LogP contribution >= 0.6 is 0 Å². The Kier molecular flexibility index (Phi) is 5.96. The lowest BCUT2D eigenvalue weighted by Crippen LogP contribution is -2.54. The third-order valence-electron chi connectivity index (χ3n) is 4.97. The van der Waals surface area contributed by atoms with Gasteiger partial charge >= 0.3 is 5.97 Å². The lowest BCUT2D eigenvalue weighted by Gasteiger charge is -2.39. The summed E-state index contributed by atoms with van der Waals surface area (Å²) in [7, 11) is 0. The van der Waals surface area contributed by atoms with Crippen LogP contribution in [-0.4, -0.2) is 52.3 Å². The van der Waals surface area contributed by atoms with Crippen molar-refractivity contribution in [2.75, 3.05) is 19.7 Å². The molecule has 144 valence electrons. The summed E-state index contributed by atoms with van der Waals surface area (Å²) in [6, 6.07) is 7.52. The van der Waals surface area contributed by atoms with Gasteiger partial charge in [-0.1, -0.05) is 26.0 Å². The van der Waals surface area contributed by atoms with E-state index < -0.39 is 17.0 Å². The van der Waals surface area contributed by atoms with Gasteiger partial charge in [0.1, 0.15) is 5.75 Å². The van der Waals surface area contributed by atoms with Crippen molar-refractivity contribution in [1.29, 1.82) is 0 Å². The second-order valence-corrected chi connectivity index (χ2v) is 7.98. The van der Waals surface area contributed by atoms with Crippen molar-refractivity contribution >= 4 is 11.9 Å². The molecule has 1 fully saturated rings. The van der Waals surface area contributed by atoms with Gasteiger partial charge in [0.15, 0.2) is 5.60 Å². The van der Waals surface area contributed by atoms with Crippen molar-refractivity contribution in [3.8, 4) is 5.75 Å². The molecule has 1 aliphatic rings. The van der Waals surface area contributed by atoms with E-state index in [1.165, 1.54) is 0 Å². The first-order valence-electron chi connectivity index (χ1n) is 9.05. The summed E-state index contributed by atoms with van der Waals surface area (Å²) >= 11 is 0. The van der Waals surface area contributed by atoms with E-state index in [0.717, 1.165) is 11.3 Å². The van der Waals surface area contributed by atoms with Crippen molar-refractivity contribution in [2.24, 2.45) is 5.92 Å². The summed E-state index contributed by atoms with van der Waals surface area (Å²) in [6.45, 7) is 9.00. The van der Waals surface area contributed by atoms with E-state index in [1.807, 2.05) is 38.1 Å². The molecular formula is C20H29NO5. The number of nitrogens with zero attached hydrogens (tertiary/aromatic N) is 1. The van der Waals surface area contributed by atoms with Crippen molar-refractivity contribution in [1.82, 2.24) is 4.90 Å². The van der Waals surface area contributed by atoms with Crippen LogP contribution in [0.5, 0.6) is 5.75 Å². The highest BCUT2D eigenvalue weighted by molar-refractivity contribution is 5.88. The van der Waals surface area contributed by atoms with Gasteiger partial charge < -0.3 is 19.8 Å². The van der Waals surface area contributed by atoms with E-state index in [0.29, 0.717) is 12.5 Å². The number of carbonyl (C=O) groups excluding carboxylic acids is 1. The van der Waals surface area contributed by atoms with E-state index >= 15 is 0 Å². The third kappa shape index (κ3) is 4.36. The number of carboxylic acid groups (broad SMARTS) is 1. The number of ether oxygens (including phenoxy) is 1. The fourth-order valence-electron chi connectivity index (χ4n) is 3.04. The quantitative estimate of drug-likeness (QED) is 0.811. The number of rotatable bonds is 6. The van der Waals surface area contributed by atoms with Crippen molar-refractivity contribution in [3.05, 3.63) is 29.8 Å². The van der Waals surface area contributed by atoms with Crippen LogP contribution in [0.3, 0.4) is 0 Å². The Morgan fingerprint density at radius 3 is 2.19 bits per heavy atom. The van der Waals surface area contributed by atoms with E-state index in [4.69, 9.17) is 9.84 Å². The van der Waals surface area contributed by atoms with Crippen LogP contribution in [0.1, 0.15) is 46.1 Å². The van der Waals surface area contributed by atoms with Crippen LogP contribution in [0.2, 0.25) is 0 Å². The van der Waals surface area contributed by atoms with Gasteiger partial charge in [0.05, 0.1) is 12.0 Å². The van der Waals surface area contributed by atoms with Crippen LogP contribution in [0, 0.1) is 5.92 Å². The standard InChI is InChI=1S/C20H29NO5/c1-14(2)13-26-16-7-5-15(6-8-16)19(3,4)17(22)21-11-9-20(25,10-12-21)18(23)24/h5-8,14,25H,9-13H2,1-4H3,(H,23,24). The fourth-order valence-corrected chi connectivity index (χ4v) is 3.04. The Bertz CT molecular complexity index is 643. The van der Waals surface area contributed by atoms with Crippen LogP contribution in [0.4, 0.5) is 0 Å². The number of carbonyl (C=O) groups is 2. The molecule has 0 atom stereocenters. The summed E-state index contributed by atoms with van der Waals surface area (Å²) in [5.41, 5.74) is -1.59. The Morgan fingerprint density at radius 2 is 1.73 bits per heavy atom. The molecule has 1 saturated heterocycles. The summed E-state index contributed by atoms with van der Waals surface area (Å²) in [6.07, 6.45) is 0.0955. The average molecular weight is 363 g/mol. The van der Waals surface area contributed by atoms with E-state index in [1.54, 1.807) is 4.90 Å². The molecule has 1 amide bonds. The van der Waals surface area contributed by atoms with Gasteiger partial charge in [0, 0.05) is 25.9 Å². The van der Waals surface area contributed by atoms with E-state index in [-0.39, 0.29) is 31.8 Å². The molecule has 1 heterocycles. The molecular weight excluding hydrogens is 334 g/mol. The minimum Gasteiger partial charge on any atom is -0.493 e. The third-order valence-corrected chi connectivity index (χ3v) is 4.97. The fraction of sp³-hybridized carbons (Fsp3) is 0.600. The minimum absolute atomic E-state index is 0.0478. The maximum Gasteiger partial charge on any atom is 0.335 e. The highest BCUT2D eigenvalue weighted by Crippen LogP contribution is 2.30. The Labute approximate surface area is 154 Å². The molecule has 26 heavy (non-hydrogen) atoms. The molecule has 0 spiro atoms. The SMILES string of the molecule is CC(C)COc1ccc(C(C)(C)C(=O)N2CCC(O)(C(=O)O)CC2)cc1. The summed E-state index contributed by atoms with van der Waals surface area (Å²) < 4.78 is 5.68. The molecule has 2 rings (SSSR count). The lowest BCUT2D eigenvalue weighted by atomic mass is 9.82. The molecule has 0 aliphatic carbocycles. The first-order chi connectivity index (χ1) is 12.1. The average Bonchev–Trinajstić information content (AvgIpc) is 2.60. The molecule has 1 aliphatic heterocycles. The Morgan fingerprint density at radius 1 is 1.19 bits per heavy atom. The van der Waals surface area contributed by atoms with E-state index in [2.05, 4.69) is 13.8 Å². The number of carboxylic acids is 1. The van der Waals surface area contributed by atoms with Gasteiger partial charge in [-0.3, -0.25) is 4.79 Å². The summed E-state index contributed by atoms with van der Waals surface area (Å²) in [5.74, 6) is -0.0759. The molecule has 1 aromatic rings. The van der Waals surface area contributed by atoms with Gasteiger partial charge in [0.2, 0.25) is 5.91 Å². The normalized spacial score (nSPS) is 17.2. The topological polar surface area (TPSA) is 87.1 Å². The predicted octanol–water partition coefficient (Wildman–Crippen LogP) is 2.44. The van der Waals surface area contributed by atoms with Crippen LogP contribution < -0.4 is 4.74 Å². The van der Waals surface area contributed by atoms with Gasteiger partial charge in [-0.15, -0.1) is 0 Å². The van der Waals surface area contributed by atoms with Crippen LogP contribution in [0.15, 0.2) is 24.3 Å². The Balaban J connectivity index is 2.05. The number of hydrogen-bond donors (Lipinski definition) is 2. The number of hydrogen-bond acceptors (Lipinski definition) is 4. The number of benzene rings is 1. The number of likely N-dealkylation sites (tertiary alicyclic amines) is 1. The number of piperidine rings is 1. The number of aliphatic hydroxyl groups is 1. The first kappa shape index (κ1) is 20.2. The molecule has 6 heteroatoms. The molecule has 0 saturated carbocycles. The maximum absolute atomic E-state index is 13.0. The highest BCUT2D eigenvalue weighted by Gasteiger charge is 2.43.